The topological polar surface area (TPSA) is 33.6 Å². The lowest BCUT2D eigenvalue weighted by molar-refractivity contribution is 0.415. The summed E-state index contributed by atoms with van der Waals surface area (Å²) in [7, 11) is 0. The second-order valence-corrected chi connectivity index (χ2v) is 4.57. The molecule has 0 aliphatic carbocycles. The number of hydrogen-bond acceptors (Lipinski definition) is 4. The van der Waals surface area contributed by atoms with Crippen LogP contribution in [0.4, 0.5) is 0 Å². The van der Waals surface area contributed by atoms with Crippen LogP contribution < -0.4 is 4.72 Å². The maximum absolute atomic E-state index is 4.85. The van der Waals surface area contributed by atoms with E-state index >= 15 is 0 Å². The molecule has 0 aromatic heterocycles. The van der Waals surface area contributed by atoms with E-state index in [2.05, 4.69) is 53.2 Å². The highest BCUT2D eigenvalue weighted by Crippen LogP contribution is 2.22. The Labute approximate surface area is 104 Å². The van der Waals surface area contributed by atoms with Crippen molar-refractivity contribution in [3.05, 3.63) is 47.5 Å². The van der Waals surface area contributed by atoms with Gasteiger partial charge in [0.05, 0.1) is 0 Å². The molecule has 0 saturated heterocycles. The Hall–Kier alpha value is -1.68. The highest BCUT2D eigenvalue weighted by atomic mass is 32.2. The van der Waals surface area contributed by atoms with Gasteiger partial charge in [-0.25, -0.2) is 0 Å². The summed E-state index contributed by atoms with van der Waals surface area (Å²) >= 11 is 1.16. The first kappa shape index (κ1) is 10.5. The van der Waals surface area contributed by atoms with Gasteiger partial charge in [-0.05, 0) is 28.8 Å². The Balaban J connectivity index is 2.02. The molecule has 1 N–H and O–H groups in total. The monoisotopic (exact) mass is 244 g/mol. The van der Waals surface area contributed by atoms with Crippen molar-refractivity contribution in [3.63, 3.8) is 0 Å². The van der Waals surface area contributed by atoms with Crippen molar-refractivity contribution in [1.29, 1.82) is 0 Å². The molecule has 0 fully saturated rings. The first-order valence-electron chi connectivity index (χ1n) is 5.47. The predicted molar refractivity (Wildman–Crippen MR) is 71.6 cm³/mol. The Morgan fingerprint density at radius 3 is 2.94 bits per heavy atom. The average molecular weight is 244 g/mol. The zero-order valence-corrected chi connectivity index (χ0v) is 10.3. The van der Waals surface area contributed by atoms with Crippen molar-refractivity contribution in [3.8, 4) is 0 Å². The largest absolute Gasteiger partial charge is 0.297 e. The molecule has 0 spiro atoms. The van der Waals surface area contributed by atoms with Crippen LogP contribution in [0, 0.1) is 6.92 Å². The second-order valence-electron chi connectivity index (χ2n) is 4.05. The van der Waals surface area contributed by atoms with E-state index < -0.39 is 0 Å². The molecule has 0 amide bonds. The van der Waals surface area contributed by atoms with E-state index in [0.717, 1.165) is 24.5 Å². The van der Waals surface area contributed by atoms with Crippen LogP contribution in [0.1, 0.15) is 11.1 Å². The van der Waals surface area contributed by atoms with Crippen LogP contribution in [-0.2, 0) is 10.7 Å². The number of nitrogens with zero attached hydrogens (tertiary/aromatic N) is 1. The third kappa shape index (κ3) is 1.96. The van der Waals surface area contributed by atoms with Gasteiger partial charge in [0.25, 0.3) is 0 Å². The maximum Gasteiger partial charge on any atom is 0.208 e. The van der Waals surface area contributed by atoms with Crippen LogP contribution in [-0.4, -0.2) is 5.84 Å². The van der Waals surface area contributed by atoms with Crippen molar-refractivity contribution in [2.24, 2.45) is 5.16 Å². The lowest BCUT2D eigenvalue weighted by Gasteiger charge is -2.08. The standard InChI is InChI=1S/C13H12N2OS/c1-9-11(8-13-14-16-17-15-13)7-6-10-4-2-3-5-12(9)10/h2-7H,8H2,1H3,(H,14,15). The summed E-state index contributed by atoms with van der Waals surface area (Å²) in [6, 6.07) is 12.7. The molecule has 2 aromatic rings. The minimum absolute atomic E-state index is 0.781. The van der Waals surface area contributed by atoms with Gasteiger partial charge in [-0.15, -0.1) is 0 Å². The minimum Gasteiger partial charge on any atom is -0.297 e. The average Bonchev–Trinajstić information content (AvgIpc) is 2.86. The Morgan fingerprint density at radius 1 is 1.24 bits per heavy atom. The number of aryl methyl sites for hydroxylation is 1. The molecular weight excluding hydrogens is 232 g/mol. The lowest BCUT2D eigenvalue weighted by Crippen LogP contribution is -2.14. The molecule has 2 aromatic carbocycles. The molecule has 1 aliphatic heterocycles. The molecule has 0 saturated carbocycles. The zero-order valence-electron chi connectivity index (χ0n) is 9.43. The fourth-order valence-corrected chi connectivity index (χ4v) is 2.43. The summed E-state index contributed by atoms with van der Waals surface area (Å²) in [4.78, 5) is 0. The smallest absolute Gasteiger partial charge is 0.208 e. The summed E-state index contributed by atoms with van der Waals surface area (Å²) in [6.45, 7) is 2.15. The Morgan fingerprint density at radius 2 is 2.12 bits per heavy atom. The number of oxime groups is 1. The third-order valence-corrected chi connectivity index (χ3v) is 3.48. The van der Waals surface area contributed by atoms with Gasteiger partial charge in [-0.2, -0.15) is 0 Å². The van der Waals surface area contributed by atoms with E-state index in [4.69, 9.17) is 4.28 Å². The summed E-state index contributed by atoms with van der Waals surface area (Å²) in [6.07, 6.45) is 0.781. The van der Waals surface area contributed by atoms with Gasteiger partial charge in [0.15, 0.2) is 5.84 Å². The van der Waals surface area contributed by atoms with E-state index in [1.807, 2.05) is 0 Å². The van der Waals surface area contributed by atoms with Gasteiger partial charge >= 0.3 is 0 Å². The second kappa shape index (κ2) is 4.30. The minimum atomic E-state index is 0.781. The van der Waals surface area contributed by atoms with Crippen molar-refractivity contribution in [2.75, 3.05) is 0 Å². The first-order chi connectivity index (χ1) is 8.34. The van der Waals surface area contributed by atoms with Crippen LogP contribution in [0.5, 0.6) is 0 Å². The number of fused-ring (bicyclic) bond motifs is 1. The number of nitrogens with one attached hydrogen (secondary N) is 1. The van der Waals surface area contributed by atoms with Crippen LogP contribution in [0.15, 0.2) is 41.6 Å². The van der Waals surface area contributed by atoms with E-state index in [9.17, 15) is 0 Å². The molecule has 4 heteroatoms. The van der Waals surface area contributed by atoms with Crippen molar-refractivity contribution >= 4 is 28.8 Å². The van der Waals surface area contributed by atoms with Gasteiger partial charge in [-0.3, -0.25) is 9.01 Å². The van der Waals surface area contributed by atoms with Gasteiger partial charge in [0.1, 0.15) is 0 Å². The molecule has 0 radical (unpaired) electrons. The molecule has 0 bridgehead atoms. The number of amidine groups is 1. The molecular formula is C13H12N2OS. The fraction of sp³-hybridized carbons (Fsp3) is 0.154. The van der Waals surface area contributed by atoms with Crippen molar-refractivity contribution in [1.82, 2.24) is 4.72 Å². The van der Waals surface area contributed by atoms with Crippen molar-refractivity contribution in [2.45, 2.75) is 13.3 Å². The summed E-state index contributed by atoms with van der Waals surface area (Å²) in [5.41, 5.74) is 2.59. The van der Waals surface area contributed by atoms with Gasteiger partial charge < -0.3 is 0 Å². The summed E-state index contributed by atoms with van der Waals surface area (Å²) in [5, 5.41) is 6.50. The van der Waals surface area contributed by atoms with Crippen LogP contribution >= 0.6 is 12.2 Å². The van der Waals surface area contributed by atoms with Crippen LogP contribution in [0.25, 0.3) is 10.8 Å². The van der Waals surface area contributed by atoms with E-state index in [-0.39, 0.29) is 0 Å². The first-order valence-corrected chi connectivity index (χ1v) is 6.21. The number of hydrogen-bond donors (Lipinski definition) is 1. The van der Waals surface area contributed by atoms with Crippen molar-refractivity contribution < 1.29 is 4.28 Å². The molecule has 1 aliphatic rings. The molecule has 0 atom stereocenters. The summed E-state index contributed by atoms with van der Waals surface area (Å²) < 4.78 is 7.87. The zero-order chi connectivity index (χ0) is 11.7. The quantitative estimate of drug-likeness (QED) is 0.650. The lowest BCUT2D eigenvalue weighted by atomic mass is 9.98. The molecule has 17 heavy (non-hydrogen) atoms. The molecule has 3 rings (SSSR count). The predicted octanol–water partition coefficient (Wildman–Crippen LogP) is 3.19. The van der Waals surface area contributed by atoms with Gasteiger partial charge in [0, 0.05) is 6.42 Å². The molecule has 3 nitrogen and oxygen atoms in total. The SMILES string of the molecule is Cc1c(CC2=NOSN2)ccc2ccccc12. The Bertz CT molecular complexity index is 595. The van der Waals surface area contributed by atoms with E-state index in [1.54, 1.807) is 0 Å². The van der Waals surface area contributed by atoms with Gasteiger partial charge in [0.2, 0.25) is 12.2 Å². The summed E-state index contributed by atoms with van der Waals surface area (Å²) in [5.74, 6) is 0.869. The maximum atomic E-state index is 4.85. The highest BCUT2D eigenvalue weighted by molar-refractivity contribution is 7.93. The normalized spacial score (nSPS) is 14.3. The van der Waals surface area contributed by atoms with Crippen LogP contribution in [0.3, 0.4) is 0 Å². The number of benzene rings is 2. The van der Waals surface area contributed by atoms with Crippen LogP contribution in [0.2, 0.25) is 0 Å². The molecule has 86 valence electrons. The highest BCUT2D eigenvalue weighted by Gasteiger charge is 2.11. The molecule has 1 heterocycles. The molecule has 0 unspecified atom stereocenters. The third-order valence-electron chi connectivity index (χ3n) is 3.01. The van der Waals surface area contributed by atoms with E-state index in [1.165, 1.54) is 21.9 Å². The fourth-order valence-electron chi connectivity index (χ4n) is 2.06. The Kier molecular flexibility index (Phi) is 2.65. The van der Waals surface area contributed by atoms with Gasteiger partial charge in [-0.1, -0.05) is 41.6 Å². The number of rotatable bonds is 2. The van der Waals surface area contributed by atoms with E-state index in [0.29, 0.717) is 0 Å².